The van der Waals surface area contributed by atoms with Gasteiger partial charge >= 0.3 is 0 Å². The number of ketones is 1. The first-order valence-corrected chi connectivity index (χ1v) is 10.5. The number of carbonyl (C=O) groups is 1. The highest BCUT2D eigenvalue weighted by Gasteiger charge is 2.52. The van der Waals surface area contributed by atoms with Gasteiger partial charge in [0.1, 0.15) is 0 Å². The Balaban J connectivity index is 1.62. The SMILES string of the molecule is C/C=C1\CC2CN3CCc4c(n(C)c5ccccc45)[C@]3(C)CC2[C@@H](C)C1=O. The zero-order valence-electron chi connectivity index (χ0n) is 17.0. The van der Waals surface area contributed by atoms with Gasteiger partial charge in [-0.3, -0.25) is 9.69 Å². The lowest BCUT2D eigenvalue weighted by Crippen LogP contribution is -2.59. The van der Waals surface area contributed by atoms with E-state index >= 15 is 0 Å². The number of para-hydroxylation sites is 1. The van der Waals surface area contributed by atoms with Crippen molar-refractivity contribution in [3.05, 3.63) is 47.2 Å². The van der Waals surface area contributed by atoms with Crippen molar-refractivity contribution >= 4 is 16.7 Å². The molecular weight excluding hydrogens is 332 g/mol. The van der Waals surface area contributed by atoms with Crippen LogP contribution in [0.5, 0.6) is 0 Å². The fraction of sp³-hybridized carbons (Fsp3) is 0.542. The second-order valence-electron chi connectivity index (χ2n) is 9.17. The van der Waals surface area contributed by atoms with Gasteiger partial charge in [0.2, 0.25) is 0 Å². The summed E-state index contributed by atoms with van der Waals surface area (Å²) in [4.78, 5) is 15.6. The van der Waals surface area contributed by atoms with Gasteiger partial charge < -0.3 is 4.57 Å². The number of rotatable bonds is 0. The number of benzene rings is 1. The molecule has 27 heavy (non-hydrogen) atoms. The molecule has 3 heterocycles. The lowest BCUT2D eigenvalue weighted by molar-refractivity contribution is -0.127. The van der Waals surface area contributed by atoms with Gasteiger partial charge in [-0.25, -0.2) is 0 Å². The molecule has 0 radical (unpaired) electrons. The second-order valence-corrected chi connectivity index (χ2v) is 9.17. The van der Waals surface area contributed by atoms with Gasteiger partial charge in [0.25, 0.3) is 0 Å². The number of aryl methyl sites for hydroxylation is 1. The Morgan fingerprint density at radius 3 is 2.81 bits per heavy atom. The second kappa shape index (κ2) is 5.81. The summed E-state index contributed by atoms with van der Waals surface area (Å²) in [6.07, 6.45) is 5.26. The van der Waals surface area contributed by atoms with E-state index in [4.69, 9.17) is 0 Å². The Labute approximate surface area is 162 Å². The van der Waals surface area contributed by atoms with Gasteiger partial charge in [-0.2, -0.15) is 0 Å². The number of hydrogen-bond donors (Lipinski definition) is 0. The van der Waals surface area contributed by atoms with Gasteiger partial charge in [0, 0.05) is 42.7 Å². The van der Waals surface area contributed by atoms with Crippen molar-refractivity contribution in [1.29, 1.82) is 0 Å². The maximum atomic E-state index is 12.8. The first-order chi connectivity index (χ1) is 13.0. The standard InChI is InChI=1S/C24H30N2O/c1-5-16-12-17-14-26-11-10-19-18-8-6-7-9-21(18)25(4)23(19)24(26,3)13-20(17)15(2)22(16)27/h5-9,15,17,20H,10-14H2,1-4H3/b16-5+/t15-,17?,20?,24+/m1/s1. The molecule has 3 aliphatic rings. The molecule has 1 saturated heterocycles. The molecule has 3 heteroatoms. The molecule has 1 saturated carbocycles. The molecule has 1 aromatic heterocycles. The van der Waals surface area contributed by atoms with E-state index in [1.807, 2.05) is 6.92 Å². The summed E-state index contributed by atoms with van der Waals surface area (Å²) in [5.41, 5.74) is 5.47. The molecular formula is C24H30N2O. The van der Waals surface area contributed by atoms with Crippen molar-refractivity contribution in [1.82, 2.24) is 9.47 Å². The summed E-state index contributed by atoms with van der Waals surface area (Å²) in [7, 11) is 2.23. The Kier molecular flexibility index (Phi) is 3.71. The summed E-state index contributed by atoms with van der Waals surface area (Å²) in [5.74, 6) is 1.65. The van der Waals surface area contributed by atoms with Crippen molar-refractivity contribution in [2.24, 2.45) is 24.8 Å². The normalized spacial score (nSPS) is 35.2. The molecule has 1 aromatic carbocycles. The molecule has 0 spiro atoms. The van der Waals surface area contributed by atoms with Gasteiger partial charge in [-0.15, -0.1) is 0 Å². The number of allylic oxidation sites excluding steroid dienone is 2. The van der Waals surface area contributed by atoms with E-state index in [1.165, 1.54) is 22.2 Å². The Bertz CT molecular complexity index is 968. The molecule has 4 atom stereocenters. The Hall–Kier alpha value is -1.87. The molecule has 2 aliphatic heterocycles. The van der Waals surface area contributed by atoms with E-state index in [0.29, 0.717) is 17.6 Å². The van der Waals surface area contributed by atoms with Crippen LogP contribution in [0, 0.1) is 17.8 Å². The van der Waals surface area contributed by atoms with Crippen LogP contribution < -0.4 is 0 Å². The number of fused-ring (bicyclic) bond motifs is 6. The van der Waals surface area contributed by atoms with Crippen LogP contribution in [-0.2, 0) is 23.8 Å². The van der Waals surface area contributed by atoms with Crippen LogP contribution in [0.25, 0.3) is 10.9 Å². The highest BCUT2D eigenvalue weighted by Crippen LogP contribution is 2.52. The van der Waals surface area contributed by atoms with Crippen LogP contribution in [0.4, 0.5) is 0 Å². The fourth-order valence-electron chi connectivity index (χ4n) is 6.55. The minimum absolute atomic E-state index is 0.0322. The third kappa shape index (κ3) is 2.21. The summed E-state index contributed by atoms with van der Waals surface area (Å²) in [5, 5.41) is 1.42. The molecule has 2 fully saturated rings. The summed E-state index contributed by atoms with van der Waals surface area (Å²) in [6.45, 7) is 8.89. The Morgan fingerprint density at radius 2 is 2.04 bits per heavy atom. The number of hydrogen-bond acceptors (Lipinski definition) is 2. The smallest absolute Gasteiger partial charge is 0.161 e. The van der Waals surface area contributed by atoms with Crippen LogP contribution in [0.2, 0.25) is 0 Å². The predicted molar refractivity (Wildman–Crippen MR) is 110 cm³/mol. The van der Waals surface area contributed by atoms with E-state index < -0.39 is 0 Å². The quantitative estimate of drug-likeness (QED) is 0.647. The predicted octanol–water partition coefficient (Wildman–Crippen LogP) is 4.44. The summed E-state index contributed by atoms with van der Waals surface area (Å²) in [6, 6.07) is 8.84. The summed E-state index contributed by atoms with van der Waals surface area (Å²) < 4.78 is 2.43. The minimum atomic E-state index is 0.0322. The van der Waals surface area contributed by atoms with Gasteiger partial charge in [-0.05, 0) is 62.1 Å². The van der Waals surface area contributed by atoms with Crippen molar-refractivity contribution in [3.8, 4) is 0 Å². The van der Waals surface area contributed by atoms with Crippen molar-refractivity contribution < 1.29 is 4.79 Å². The van der Waals surface area contributed by atoms with E-state index in [0.717, 1.165) is 37.9 Å². The first-order valence-electron chi connectivity index (χ1n) is 10.5. The monoisotopic (exact) mass is 362 g/mol. The molecule has 3 nitrogen and oxygen atoms in total. The van der Waals surface area contributed by atoms with E-state index in [-0.39, 0.29) is 11.5 Å². The van der Waals surface area contributed by atoms with E-state index in [9.17, 15) is 4.79 Å². The van der Waals surface area contributed by atoms with Gasteiger partial charge in [-0.1, -0.05) is 31.2 Å². The largest absolute Gasteiger partial charge is 0.346 e. The maximum absolute atomic E-state index is 12.8. The molecule has 5 rings (SSSR count). The van der Waals surface area contributed by atoms with Crippen LogP contribution in [0.15, 0.2) is 35.9 Å². The average molecular weight is 363 g/mol. The molecule has 0 N–H and O–H groups in total. The van der Waals surface area contributed by atoms with Gasteiger partial charge in [0.15, 0.2) is 5.78 Å². The van der Waals surface area contributed by atoms with Crippen LogP contribution in [0.1, 0.15) is 44.9 Å². The zero-order valence-corrected chi connectivity index (χ0v) is 17.0. The van der Waals surface area contributed by atoms with E-state index in [1.54, 1.807) is 0 Å². The Morgan fingerprint density at radius 1 is 1.26 bits per heavy atom. The third-order valence-corrected chi connectivity index (χ3v) is 7.95. The highest BCUT2D eigenvalue weighted by molar-refractivity contribution is 5.98. The fourth-order valence-corrected chi connectivity index (χ4v) is 6.55. The molecule has 0 bridgehead atoms. The summed E-state index contributed by atoms with van der Waals surface area (Å²) >= 11 is 0. The zero-order chi connectivity index (χ0) is 18.9. The van der Waals surface area contributed by atoms with Crippen molar-refractivity contribution in [2.45, 2.75) is 45.6 Å². The number of aromatic nitrogens is 1. The highest BCUT2D eigenvalue weighted by atomic mass is 16.1. The van der Waals surface area contributed by atoms with E-state index in [2.05, 4.69) is 60.7 Å². The topological polar surface area (TPSA) is 25.2 Å². The van der Waals surface area contributed by atoms with Gasteiger partial charge in [0.05, 0.1) is 5.54 Å². The average Bonchev–Trinajstić information content (AvgIpc) is 2.97. The number of piperidine rings is 1. The van der Waals surface area contributed by atoms with Crippen LogP contribution in [0.3, 0.4) is 0 Å². The first kappa shape index (κ1) is 17.2. The molecule has 2 unspecified atom stereocenters. The number of Topliss-reactive ketones (excluding diaryl/α,β-unsaturated/α-hetero) is 1. The van der Waals surface area contributed by atoms with Crippen molar-refractivity contribution in [2.75, 3.05) is 13.1 Å². The number of nitrogens with zero attached hydrogens (tertiary/aromatic N) is 2. The maximum Gasteiger partial charge on any atom is 0.161 e. The molecule has 2 aromatic rings. The number of carbonyl (C=O) groups excluding carboxylic acids is 1. The third-order valence-electron chi connectivity index (χ3n) is 7.95. The molecule has 142 valence electrons. The molecule has 1 aliphatic carbocycles. The van der Waals surface area contributed by atoms with Crippen LogP contribution in [-0.4, -0.2) is 28.3 Å². The van der Waals surface area contributed by atoms with Crippen LogP contribution >= 0.6 is 0 Å². The lowest BCUT2D eigenvalue weighted by Gasteiger charge is -2.56. The van der Waals surface area contributed by atoms with Crippen molar-refractivity contribution in [3.63, 3.8) is 0 Å². The molecule has 0 amide bonds. The minimum Gasteiger partial charge on any atom is -0.346 e. The lowest BCUT2D eigenvalue weighted by atomic mass is 9.61.